The lowest BCUT2D eigenvalue weighted by molar-refractivity contribution is -0.137. The maximum Gasteiger partial charge on any atom is 0.260 e. The number of carbonyl (C=O) groups is 2. The van der Waals surface area contributed by atoms with E-state index >= 15 is 0 Å². The number of ether oxygens (including phenoxy) is 1. The van der Waals surface area contributed by atoms with Crippen LogP contribution in [0.25, 0.3) is 0 Å². The van der Waals surface area contributed by atoms with Crippen molar-refractivity contribution in [3.63, 3.8) is 0 Å². The predicted octanol–water partition coefficient (Wildman–Crippen LogP) is 2.52. The highest BCUT2D eigenvalue weighted by Crippen LogP contribution is 2.16. The van der Waals surface area contributed by atoms with Gasteiger partial charge in [-0.05, 0) is 39.8 Å². The van der Waals surface area contributed by atoms with Crippen LogP contribution in [0, 0.1) is 0 Å². The molecule has 1 rings (SSSR count). The summed E-state index contributed by atoms with van der Waals surface area (Å²) in [4.78, 5) is 24.7. The third-order valence-corrected chi connectivity index (χ3v) is 2.80. The molecule has 0 atom stereocenters. The van der Waals surface area contributed by atoms with Crippen molar-refractivity contribution >= 4 is 12.2 Å². The summed E-state index contributed by atoms with van der Waals surface area (Å²) >= 11 is 0. The molecule has 0 heterocycles. The van der Waals surface area contributed by atoms with Gasteiger partial charge in [0.05, 0.1) is 5.56 Å². The minimum atomic E-state index is -0.0781. The first-order valence-corrected chi connectivity index (χ1v) is 6.45. The number of hydrogen-bond acceptors (Lipinski definition) is 3. The molecule has 0 saturated carbocycles. The summed E-state index contributed by atoms with van der Waals surface area (Å²) in [6, 6.07) is 7.12. The standard InChI is InChI=1S/C15H21NO3/c1-11(2)16(12(3)4)15(18)10-19-14-8-6-5-7-13(14)9-17/h5-9,11-12H,10H2,1-4H3. The minimum absolute atomic E-state index is 0.0544. The Morgan fingerprint density at radius 3 is 2.32 bits per heavy atom. The molecule has 0 radical (unpaired) electrons. The number of benzene rings is 1. The van der Waals surface area contributed by atoms with Gasteiger partial charge in [0, 0.05) is 12.1 Å². The Morgan fingerprint density at radius 1 is 1.21 bits per heavy atom. The fraction of sp³-hybridized carbons (Fsp3) is 0.467. The highest BCUT2D eigenvalue weighted by Gasteiger charge is 2.20. The zero-order chi connectivity index (χ0) is 14.4. The van der Waals surface area contributed by atoms with E-state index in [2.05, 4.69) is 0 Å². The largest absolute Gasteiger partial charge is 0.483 e. The monoisotopic (exact) mass is 263 g/mol. The summed E-state index contributed by atoms with van der Waals surface area (Å²) in [6.45, 7) is 7.82. The van der Waals surface area contributed by atoms with Crippen molar-refractivity contribution in [3.8, 4) is 5.75 Å². The number of para-hydroxylation sites is 1. The minimum Gasteiger partial charge on any atom is -0.483 e. The van der Waals surface area contributed by atoms with Gasteiger partial charge in [0.1, 0.15) is 5.75 Å². The van der Waals surface area contributed by atoms with Gasteiger partial charge in [0.15, 0.2) is 12.9 Å². The highest BCUT2D eigenvalue weighted by molar-refractivity contribution is 5.81. The molecule has 4 heteroatoms. The second-order valence-corrected chi connectivity index (χ2v) is 4.93. The number of hydrogen-bond donors (Lipinski definition) is 0. The number of aldehydes is 1. The molecule has 0 fully saturated rings. The van der Waals surface area contributed by atoms with Crippen LogP contribution < -0.4 is 4.74 Å². The zero-order valence-electron chi connectivity index (χ0n) is 11.9. The second kappa shape index (κ2) is 6.92. The summed E-state index contributed by atoms with van der Waals surface area (Å²) in [7, 11) is 0. The van der Waals surface area contributed by atoms with Crippen molar-refractivity contribution in [2.75, 3.05) is 6.61 Å². The van der Waals surface area contributed by atoms with E-state index in [-0.39, 0.29) is 24.6 Å². The van der Waals surface area contributed by atoms with Crippen molar-refractivity contribution in [2.45, 2.75) is 39.8 Å². The van der Waals surface area contributed by atoms with Crippen molar-refractivity contribution in [1.82, 2.24) is 4.90 Å². The van der Waals surface area contributed by atoms with Gasteiger partial charge >= 0.3 is 0 Å². The first-order valence-electron chi connectivity index (χ1n) is 6.45. The number of amides is 1. The van der Waals surface area contributed by atoms with Crippen LogP contribution in [0.4, 0.5) is 0 Å². The molecule has 104 valence electrons. The third kappa shape index (κ3) is 4.09. The maximum absolute atomic E-state index is 12.1. The summed E-state index contributed by atoms with van der Waals surface area (Å²) in [5, 5.41) is 0. The van der Waals surface area contributed by atoms with Gasteiger partial charge in [-0.3, -0.25) is 9.59 Å². The molecular weight excluding hydrogens is 242 g/mol. The van der Waals surface area contributed by atoms with Crippen molar-refractivity contribution in [2.24, 2.45) is 0 Å². The summed E-state index contributed by atoms with van der Waals surface area (Å²) < 4.78 is 5.45. The zero-order valence-corrected chi connectivity index (χ0v) is 11.9. The van der Waals surface area contributed by atoms with Crippen LogP contribution in [0.2, 0.25) is 0 Å². The molecular formula is C15H21NO3. The molecule has 0 spiro atoms. The van der Waals surface area contributed by atoms with E-state index in [1.807, 2.05) is 27.7 Å². The second-order valence-electron chi connectivity index (χ2n) is 4.93. The molecule has 0 bridgehead atoms. The molecule has 0 N–H and O–H groups in total. The van der Waals surface area contributed by atoms with Crippen LogP contribution in [-0.2, 0) is 4.79 Å². The van der Waals surface area contributed by atoms with E-state index in [0.717, 1.165) is 6.29 Å². The molecule has 0 aliphatic heterocycles. The normalized spacial score (nSPS) is 10.6. The van der Waals surface area contributed by atoms with Gasteiger partial charge < -0.3 is 9.64 Å². The highest BCUT2D eigenvalue weighted by atomic mass is 16.5. The molecule has 1 aromatic carbocycles. The molecule has 1 amide bonds. The Kier molecular flexibility index (Phi) is 5.55. The average molecular weight is 263 g/mol. The average Bonchev–Trinajstić information content (AvgIpc) is 2.35. The van der Waals surface area contributed by atoms with Crippen molar-refractivity contribution in [1.29, 1.82) is 0 Å². The smallest absolute Gasteiger partial charge is 0.260 e. The van der Waals surface area contributed by atoms with Crippen LogP contribution >= 0.6 is 0 Å². The van der Waals surface area contributed by atoms with E-state index in [4.69, 9.17) is 4.74 Å². The summed E-state index contributed by atoms with van der Waals surface area (Å²) in [6.07, 6.45) is 0.725. The van der Waals surface area contributed by atoms with Crippen LogP contribution in [0.3, 0.4) is 0 Å². The van der Waals surface area contributed by atoms with Crippen LogP contribution in [-0.4, -0.2) is 35.8 Å². The third-order valence-electron chi connectivity index (χ3n) is 2.80. The summed E-state index contributed by atoms with van der Waals surface area (Å²) in [5.41, 5.74) is 0.455. The van der Waals surface area contributed by atoms with Gasteiger partial charge in [-0.15, -0.1) is 0 Å². The fourth-order valence-electron chi connectivity index (χ4n) is 2.10. The van der Waals surface area contributed by atoms with Crippen molar-refractivity contribution in [3.05, 3.63) is 29.8 Å². The Labute approximate surface area is 114 Å². The van der Waals surface area contributed by atoms with Crippen LogP contribution in [0.5, 0.6) is 5.75 Å². The molecule has 0 saturated heterocycles. The van der Waals surface area contributed by atoms with E-state index in [9.17, 15) is 9.59 Å². The lowest BCUT2D eigenvalue weighted by Gasteiger charge is -2.30. The predicted molar refractivity (Wildman–Crippen MR) is 74.4 cm³/mol. The molecule has 0 unspecified atom stereocenters. The fourth-order valence-corrected chi connectivity index (χ4v) is 2.10. The lowest BCUT2D eigenvalue weighted by atomic mass is 10.2. The van der Waals surface area contributed by atoms with E-state index < -0.39 is 0 Å². The van der Waals surface area contributed by atoms with Gasteiger partial charge in [0.25, 0.3) is 5.91 Å². The molecule has 1 aromatic rings. The van der Waals surface area contributed by atoms with Crippen LogP contribution in [0.15, 0.2) is 24.3 Å². The quantitative estimate of drug-likeness (QED) is 0.741. The Bertz CT molecular complexity index is 433. The SMILES string of the molecule is CC(C)N(C(=O)COc1ccccc1C=O)C(C)C. The molecule has 0 aliphatic rings. The number of carbonyl (C=O) groups excluding carboxylic acids is 2. The van der Waals surface area contributed by atoms with E-state index in [0.29, 0.717) is 11.3 Å². The Hall–Kier alpha value is -1.84. The Balaban J connectivity index is 2.70. The summed E-state index contributed by atoms with van der Waals surface area (Å²) in [5.74, 6) is 0.365. The maximum atomic E-state index is 12.1. The molecule has 4 nitrogen and oxygen atoms in total. The molecule has 0 aliphatic carbocycles. The van der Waals surface area contributed by atoms with Gasteiger partial charge in [-0.1, -0.05) is 12.1 Å². The van der Waals surface area contributed by atoms with E-state index in [1.54, 1.807) is 29.2 Å². The van der Waals surface area contributed by atoms with E-state index in [1.165, 1.54) is 0 Å². The van der Waals surface area contributed by atoms with Crippen LogP contribution in [0.1, 0.15) is 38.1 Å². The topological polar surface area (TPSA) is 46.6 Å². The number of rotatable bonds is 6. The van der Waals surface area contributed by atoms with Crippen molar-refractivity contribution < 1.29 is 14.3 Å². The van der Waals surface area contributed by atoms with Gasteiger partial charge in [0.2, 0.25) is 0 Å². The van der Waals surface area contributed by atoms with Gasteiger partial charge in [-0.25, -0.2) is 0 Å². The number of nitrogens with zero attached hydrogens (tertiary/aromatic N) is 1. The van der Waals surface area contributed by atoms with Gasteiger partial charge in [-0.2, -0.15) is 0 Å². The lowest BCUT2D eigenvalue weighted by Crippen LogP contribution is -2.44. The Morgan fingerprint density at radius 2 is 1.79 bits per heavy atom. The molecule has 19 heavy (non-hydrogen) atoms. The first-order chi connectivity index (χ1) is 8.97. The first kappa shape index (κ1) is 15.2. The molecule has 0 aromatic heterocycles.